The standard InChI is InChI=1S/C13H17NO4S/c1-17-10-5-6-12(18-2)11(9-10)13(15)14-19(16)7-3-4-8-19/h5-6,9H,3-4,7-8H2,1-2H3. The summed E-state index contributed by atoms with van der Waals surface area (Å²) >= 11 is 0. The van der Waals surface area contributed by atoms with Crippen molar-refractivity contribution in [2.24, 2.45) is 4.36 Å². The molecule has 5 nitrogen and oxygen atoms in total. The Morgan fingerprint density at radius 3 is 2.47 bits per heavy atom. The second kappa shape index (κ2) is 5.61. The Bertz CT molecular complexity index is 591. The molecule has 0 unspecified atom stereocenters. The van der Waals surface area contributed by atoms with Crippen molar-refractivity contribution in [3.63, 3.8) is 0 Å². The lowest BCUT2D eigenvalue weighted by molar-refractivity contribution is 0.100. The first kappa shape index (κ1) is 13.9. The Kier molecular flexibility index (Phi) is 4.09. The highest BCUT2D eigenvalue weighted by molar-refractivity contribution is 7.94. The van der Waals surface area contributed by atoms with E-state index >= 15 is 0 Å². The van der Waals surface area contributed by atoms with Crippen LogP contribution < -0.4 is 9.47 Å². The van der Waals surface area contributed by atoms with E-state index in [2.05, 4.69) is 4.36 Å². The van der Waals surface area contributed by atoms with Crippen molar-refractivity contribution in [1.29, 1.82) is 0 Å². The van der Waals surface area contributed by atoms with E-state index in [1.165, 1.54) is 14.2 Å². The van der Waals surface area contributed by atoms with Gasteiger partial charge in [0, 0.05) is 11.5 Å². The van der Waals surface area contributed by atoms with Crippen LogP contribution in [0.4, 0.5) is 0 Å². The van der Waals surface area contributed by atoms with Gasteiger partial charge < -0.3 is 9.47 Å². The predicted octanol–water partition coefficient (Wildman–Crippen LogP) is 2.11. The molecule has 1 aromatic rings. The average Bonchev–Trinajstić information content (AvgIpc) is 2.84. The third-order valence-electron chi connectivity index (χ3n) is 3.06. The SMILES string of the molecule is COc1ccc(OC)c(C(=O)N=S2(=O)CCCC2)c1. The zero-order valence-corrected chi connectivity index (χ0v) is 11.9. The highest BCUT2D eigenvalue weighted by Gasteiger charge is 2.20. The summed E-state index contributed by atoms with van der Waals surface area (Å²) in [6.07, 6.45) is 1.73. The van der Waals surface area contributed by atoms with Crippen LogP contribution in [-0.4, -0.2) is 35.8 Å². The highest BCUT2D eigenvalue weighted by atomic mass is 32.2. The highest BCUT2D eigenvalue weighted by Crippen LogP contribution is 2.25. The zero-order chi connectivity index (χ0) is 13.9. The molecule has 0 radical (unpaired) electrons. The van der Waals surface area contributed by atoms with Crippen LogP contribution in [0.25, 0.3) is 0 Å². The molecule has 104 valence electrons. The van der Waals surface area contributed by atoms with Crippen LogP contribution >= 0.6 is 0 Å². The number of hydrogen-bond acceptors (Lipinski definition) is 4. The molecule has 1 heterocycles. The molecule has 1 amide bonds. The topological polar surface area (TPSA) is 65.0 Å². The largest absolute Gasteiger partial charge is 0.497 e. The van der Waals surface area contributed by atoms with E-state index in [1.54, 1.807) is 18.2 Å². The molecular formula is C13H17NO4S. The minimum atomic E-state index is -2.37. The summed E-state index contributed by atoms with van der Waals surface area (Å²) in [5.41, 5.74) is 0.288. The third-order valence-corrected chi connectivity index (χ3v) is 5.41. The van der Waals surface area contributed by atoms with Gasteiger partial charge in [0.1, 0.15) is 11.5 Å². The number of ether oxygens (including phenoxy) is 2. The van der Waals surface area contributed by atoms with E-state index in [4.69, 9.17) is 9.47 Å². The molecule has 19 heavy (non-hydrogen) atoms. The van der Waals surface area contributed by atoms with Gasteiger partial charge in [-0.2, -0.15) is 4.36 Å². The van der Waals surface area contributed by atoms with E-state index in [0.717, 1.165) is 12.8 Å². The quantitative estimate of drug-likeness (QED) is 0.852. The second-order valence-electron chi connectivity index (χ2n) is 4.35. The number of carbonyl (C=O) groups excluding carboxylic acids is 1. The van der Waals surface area contributed by atoms with E-state index < -0.39 is 15.6 Å². The molecule has 1 saturated heterocycles. The smallest absolute Gasteiger partial charge is 0.288 e. The molecule has 0 atom stereocenters. The lowest BCUT2D eigenvalue weighted by Crippen LogP contribution is -2.07. The fourth-order valence-corrected chi connectivity index (χ4v) is 4.13. The Morgan fingerprint density at radius 2 is 1.89 bits per heavy atom. The van der Waals surface area contributed by atoms with Crippen molar-refractivity contribution < 1.29 is 18.5 Å². The Balaban J connectivity index is 2.40. The average molecular weight is 283 g/mol. The molecule has 0 aromatic heterocycles. The number of hydrogen-bond donors (Lipinski definition) is 0. The van der Waals surface area contributed by atoms with Crippen LogP contribution in [0.3, 0.4) is 0 Å². The molecular weight excluding hydrogens is 266 g/mol. The molecule has 1 aliphatic heterocycles. The molecule has 6 heteroatoms. The van der Waals surface area contributed by atoms with Crippen LogP contribution in [0, 0.1) is 0 Å². The maximum Gasteiger partial charge on any atom is 0.288 e. The molecule has 0 saturated carbocycles. The van der Waals surface area contributed by atoms with Crippen molar-refractivity contribution in [1.82, 2.24) is 0 Å². The van der Waals surface area contributed by atoms with E-state index in [1.807, 2.05) is 0 Å². The van der Waals surface area contributed by atoms with Crippen molar-refractivity contribution in [3.8, 4) is 11.5 Å². The number of methoxy groups -OCH3 is 2. The van der Waals surface area contributed by atoms with Gasteiger partial charge in [0.15, 0.2) is 0 Å². The number of rotatable bonds is 3. The van der Waals surface area contributed by atoms with E-state index in [-0.39, 0.29) is 5.56 Å². The lowest BCUT2D eigenvalue weighted by atomic mass is 10.2. The minimum absolute atomic E-state index is 0.288. The number of carbonyl (C=O) groups is 1. The molecule has 1 fully saturated rings. The first-order valence-electron chi connectivity index (χ1n) is 6.07. The van der Waals surface area contributed by atoms with Gasteiger partial charge in [-0.05, 0) is 31.0 Å². The van der Waals surface area contributed by atoms with Gasteiger partial charge >= 0.3 is 0 Å². The van der Waals surface area contributed by atoms with Crippen molar-refractivity contribution in [2.45, 2.75) is 12.8 Å². The number of nitrogens with zero attached hydrogens (tertiary/aromatic N) is 1. The summed E-state index contributed by atoms with van der Waals surface area (Å²) < 4.78 is 26.4. The van der Waals surface area contributed by atoms with Crippen LogP contribution in [0.5, 0.6) is 11.5 Å². The first-order valence-corrected chi connectivity index (χ1v) is 7.92. The lowest BCUT2D eigenvalue weighted by Gasteiger charge is -2.08. The fraction of sp³-hybridized carbons (Fsp3) is 0.462. The molecule has 0 N–H and O–H groups in total. The predicted molar refractivity (Wildman–Crippen MR) is 73.4 cm³/mol. The van der Waals surface area contributed by atoms with Gasteiger partial charge in [0.05, 0.1) is 29.5 Å². The molecule has 0 aliphatic carbocycles. The maximum absolute atomic E-state index is 12.3. The second-order valence-corrected chi connectivity index (χ2v) is 6.89. The van der Waals surface area contributed by atoms with Gasteiger partial charge in [0.25, 0.3) is 5.91 Å². The number of amides is 1. The first-order chi connectivity index (χ1) is 9.08. The number of benzene rings is 1. The van der Waals surface area contributed by atoms with Crippen LogP contribution in [-0.2, 0) is 9.73 Å². The van der Waals surface area contributed by atoms with Crippen LogP contribution in [0.2, 0.25) is 0 Å². The molecule has 0 bridgehead atoms. The Morgan fingerprint density at radius 1 is 1.21 bits per heavy atom. The molecule has 2 rings (SSSR count). The van der Waals surface area contributed by atoms with E-state index in [0.29, 0.717) is 23.0 Å². The van der Waals surface area contributed by atoms with Crippen LogP contribution in [0.1, 0.15) is 23.2 Å². The summed E-state index contributed by atoms with van der Waals surface area (Å²) in [6, 6.07) is 4.90. The van der Waals surface area contributed by atoms with Gasteiger partial charge in [-0.3, -0.25) is 4.79 Å². The van der Waals surface area contributed by atoms with Gasteiger partial charge in [-0.15, -0.1) is 0 Å². The summed E-state index contributed by atoms with van der Waals surface area (Å²) in [7, 11) is 0.632. The fourth-order valence-electron chi connectivity index (χ4n) is 2.03. The zero-order valence-electron chi connectivity index (χ0n) is 11.0. The normalized spacial score (nSPS) is 16.9. The Hall–Kier alpha value is -1.56. The van der Waals surface area contributed by atoms with Crippen molar-refractivity contribution >= 4 is 15.6 Å². The molecule has 1 aromatic carbocycles. The monoisotopic (exact) mass is 283 g/mol. The van der Waals surface area contributed by atoms with Crippen molar-refractivity contribution in [2.75, 3.05) is 25.7 Å². The van der Waals surface area contributed by atoms with Gasteiger partial charge in [0.2, 0.25) is 0 Å². The minimum Gasteiger partial charge on any atom is -0.497 e. The maximum atomic E-state index is 12.3. The van der Waals surface area contributed by atoms with Gasteiger partial charge in [-0.25, -0.2) is 4.21 Å². The van der Waals surface area contributed by atoms with E-state index in [9.17, 15) is 9.00 Å². The third kappa shape index (κ3) is 3.07. The molecule has 1 aliphatic rings. The molecule has 0 spiro atoms. The van der Waals surface area contributed by atoms with Crippen molar-refractivity contribution in [3.05, 3.63) is 23.8 Å². The summed E-state index contributed by atoms with van der Waals surface area (Å²) in [5.74, 6) is 1.47. The van der Waals surface area contributed by atoms with Crippen LogP contribution in [0.15, 0.2) is 22.6 Å². The summed E-state index contributed by atoms with van der Waals surface area (Å²) in [5, 5.41) is 0. The summed E-state index contributed by atoms with van der Waals surface area (Å²) in [4.78, 5) is 12.2. The Labute approximate surface area is 113 Å². The summed E-state index contributed by atoms with van der Waals surface area (Å²) in [6.45, 7) is 0. The van der Waals surface area contributed by atoms with Gasteiger partial charge in [-0.1, -0.05) is 0 Å².